The molecular weight excluding hydrogens is 212 g/mol. The first-order chi connectivity index (χ1) is 7.59. The predicted molar refractivity (Wildman–Crippen MR) is 57.6 cm³/mol. The molecule has 0 amide bonds. The summed E-state index contributed by atoms with van der Waals surface area (Å²) in [4.78, 5) is 0. The largest absolute Gasteiger partial charge is 0.508 e. The Kier molecular flexibility index (Phi) is 2.84. The predicted octanol–water partition coefficient (Wildman–Crippen LogP) is 2.71. The first-order valence-electron chi connectivity index (χ1n) is 5.41. The average molecular weight is 227 g/mol. The fourth-order valence-corrected chi connectivity index (χ4v) is 2.32. The van der Waals surface area contributed by atoms with Crippen LogP contribution in [0.3, 0.4) is 0 Å². The van der Waals surface area contributed by atoms with Gasteiger partial charge in [0.25, 0.3) is 6.43 Å². The van der Waals surface area contributed by atoms with Crippen LogP contribution in [0.4, 0.5) is 8.78 Å². The van der Waals surface area contributed by atoms with Crippen LogP contribution < -0.4 is 5.73 Å². The standard InChI is InChI=1S/C12H15F2NO/c13-11(14)8-2-3-9(10(16)6-8)12(7-15)4-1-5-12/h2-3,6,11,16H,1,4-5,7,15H2. The molecule has 0 unspecified atom stereocenters. The zero-order valence-corrected chi connectivity index (χ0v) is 8.92. The number of alkyl halides is 2. The van der Waals surface area contributed by atoms with Crippen LogP contribution in [0.1, 0.15) is 36.8 Å². The van der Waals surface area contributed by atoms with Crippen LogP contribution in [0.5, 0.6) is 5.75 Å². The number of phenols is 1. The van der Waals surface area contributed by atoms with E-state index in [1.807, 2.05) is 0 Å². The van der Waals surface area contributed by atoms with Crippen molar-refractivity contribution >= 4 is 0 Å². The summed E-state index contributed by atoms with van der Waals surface area (Å²) in [5.74, 6) is -0.0528. The van der Waals surface area contributed by atoms with Crippen LogP contribution in [0.2, 0.25) is 0 Å². The number of rotatable bonds is 3. The van der Waals surface area contributed by atoms with Crippen LogP contribution in [-0.2, 0) is 5.41 Å². The van der Waals surface area contributed by atoms with E-state index < -0.39 is 6.43 Å². The van der Waals surface area contributed by atoms with Gasteiger partial charge in [0, 0.05) is 23.1 Å². The molecule has 0 aliphatic heterocycles. The lowest BCUT2D eigenvalue weighted by Crippen LogP contribution is -2.41. The molecule has 1 saturated carbocycles. The van der Waals surface area contributed by atoms with E-state index in [2.05, 4.69) is 0 Å². The van der Waals surface area contributed by atoms with E-state index in [9.17, 15) is 13.9 Å². The second kappa shape index (κ2) is 4.01. The molecule has 2 rings (SSSR count). The SMILES string of the molecule is NCC1(c2ccc(C(F)F)cc2O)CCC1. The van der Waals surface area contributed by atoms with Gasteiger partial charge in [0.2, 0.25) is 0 Å². The third-order valence-corrected chi connectivity index (χ3v) is 3.55. The molecule has 0 spiro atoms. The third kappa shape index (κ3) is 1.67. The summed E-state index contributed by atoms with van der Waals surface area (Å²) in [5.41, 5.74) is 6.09. The fraction of sp³-hybridized carbons (Fsp3) is 0.500. The summed E-state index contributed by atoms with van der Waals surface area (Å²) in [7, 11) is 0. The summed E-state index contributed by atoms with van der Waals surface area (Å²) in [5, 5.41) is 9.78. The Hall–Kier alpha value is -1.16. The molecule has 1 aromatic carbocycles. The molecular formula is C12H15F2NO. The summed E-state index contributed by atoms with van der Waals surface area (Å²) in [6.07, 6.45) is 0.374. The zero-order valence-electron chi connectivity index (χ0n) is 8.92. The highest BCUT2D eigenvalue weighted by atomic mass is 19.3. The zero-order chi connectivity index (χ0) is 11.8. The van der Waals surface area contributed by atoms with Crippen molar-refractivity contribution in [1.29, 1.82) is 0 Å². The van der Waals surface area contributed by atoms with Crippen molar-refractivity contribution in [2.24, 2.45) is 5.73 Å². The molecule has 1 aliphatic rings. The van der Waals surface area contributed by atoms with Gasteiger partial charge in [-0.3, -0.25) is 0 Å². The van der Waals surface area contributed by atoms with Gasteiger partial charge in [-0.15, -0.1) is 0 Å². The lowest BCUT2D eigenvalue weighted by molar-refractivity contribution is 0.150. The molecule has 0 heterocycles. The van der Waals surface area contributed by atoms with Gasteiger partial charge in [-0.05, 0) is 18.9 Å². The van der Waals surface area contributed by atoms with Gasteiger partial charge in [0.05, 0.1) is 0 Å². The molecule has 0 aromatic heterocycles. The van der Waals surface area contributed by atoms with Gasteiger partial charge in [0.15, 0.2) is 0 Å². The van der Waals surface area contributed by atoms with E-state index >= 15 is 0 Å². The van der Waals surface area contributed by atoms with E-state index in [0.29, 0.717) is 12.1 Å². The molecule has 1 aliphatic carbocycles. The second-order valence-electron chi connectivity index (χ2n) is 4.42. The number of hydrogen-bond donors (Lipinski definition) is 2. The molecule has 0 radical (unpaired) electrons. The van der Waals surface area contributed by atoms with E-state index in [4.69, 9.17) is 5.73 Å². The minimum atomic E-state index is -2.55. The highest BCUT2D eigenvalue weighted by Gasteiger charge is 2.39. The van der Waals surface area contributed by atoms with Crippen molar-refractivity contribution in [3.05, 3.63) is 29.3 Å². The van der Waals surface area contributed by atoms with E-state index in [1.54, 1.807) is 6.07 Å². The lowest BCUT2D eigenvalue weighted by Gasteiger charge is -2.41. The van der Waals surface area contributed by atoms with Crippen molar-refractivity contribution in [3.63, 3.8) is 0 Å². The number of halogens is 2. The van der Waals surface area contributed by atoms with Gasteiger partial charge < -0.3 is 10.8 Å². The monoisotopic (exact) mass is 227 g/mol. The molecule has 0 bridgehead atoms. The van der Waals surface area contributed by atoms with Gasteiger partial charge in [0.1, 0.15) is 5.75 Å². The normalized spacial score (nSPS) is 18.5. The first-order valence-corrected chi connectivity index (χ1v) is 5.41. The second-order valence-corrected chi connectivity index (χ2v) is 4.42. The Morgan fingerprint density at radius 3 is 2.44 bits per heavy atom. The molecule has 16 heavy (non-hydrogen) atoms. The van der Waals surface area contributed by atoms with Crippen molar-refractivity contribution in [3.8, 4) is 5.75 Å². The summed E-state index contributed by atoms with van der Waals surface area (Å²) in [6, 6.07) is 4.11. The number of phenolic OH excluding ortho intramolecular Hbond substituents is 1. The average Bonchev–Trinajstić information content (AvgIpc) is 2.19. The number of aromatic hydroxyl groups is 1. The summed E-state index contributed by atoms with van der Waals surface area (Å²) >= 11 is 0. The third-order valence-electron chi connectivity index (χ3n) is 3.55. The lowest BCUT2D eigenvalue weighted by atomic mass is 9.64. The van der Waals surface area contributed by atoms with E-state index in [1.165, 1.54) is 6.07 Å². The molecule has 0 atom stereocenters. The molecule has 1 fully saturated rings. The van der Waals surface area contributed by atoms with Gasteiger partial charge in [-0.25, -0.2) is 8.78 Å². The molecule has 0 saturated heterocycles. The van der Waals surface area contributed by atoms with Crippen molar-refractivity contribution in [2.75, 3.05) is 6.54 Å². The maximum atomic E-state index is 12.4. The molecule has 88 valence electrons. The van der Waals surface area contributed by atoms with Gasteiger partial charge >= 0.3 is 0 Å². The number of benzene rings is 1. The Balaban J connectivity index is 2.35. The Morgan fingerprint density at radius 2 is 2.06 bits per heavy atom. The minimum absolute atomic E-state index is 0.0528. The van der Waals surface area contributed by atoms with Crippen molar-refractivity contribution in [1.82, 2.24) is 0 Å². The Morgan fingerprint density at radius 1 is 1.38 bits per heavy atom. The molecule has 1 aromatic rings. The highest BCUT2D eigenvalue weighted by Crippen LogP contribution is 2.46. The Bertz CT molecular complexity index is 383. The van der Waals surface area contributed by atoms with Crippen LogP contribution >= 0.6 is 0 Å². The smallest absolute Gasteiger partial charge is 0.263 e. The molecule has 4 heteroatoms. The summed E-state index contributed by atoms with van der Waals surface area (Å²) < 4.78 is 24.8. The fourth-order valence-electron chi connectivity index (χ4n) is 2.32. The van der Waals surface area contributed by atoms with E-state index in [-0.39, 0.29) is 16.7 Å². The van der Waals surface area contributed by atoms with Crippen LogP contribution in [0.25, 0.3) is 0 Å². The highest BCUT2D eigenvalue weighted by molar-refractivity contribution is 5.43. The van der Waals surface area contributed by atoms with Gasteiger partial charge in [-0.2, -0.15) is 0 Å². The van der Waals surface area contributed by atoms with Crippen LogP contribution in [0.15, 0.2) is 18.2 Å². The first kappa shape index (κ1) is 11.3. The van der Waals surface area contributed by atoms with Crippen molar-refractivity contribution in [2.45, 2.75) is 31.1 Å². The minimum Gasteiger partial charge on any atom is -0.508 e. The topological polar surface area (TPSA) is 46.2 Å². The molecule has 3 N–H and O–H groups in total. The number of nitrogens with two attached hydrogens (primary N) is 1. The quantitative estimate of drug-likeness (QED) is 0.834. The van der Waals surface area contributed by atoms with Crippen LogP contribution in [0, 0.1) is 0 Å². The van der Waals surface area contributed by atoms with E-state index in [0.717, 1.165) is 25.3 Å². The molecule has 2 nitrogen and oxygen atoms in total. The number of hydrogen-bond acceptors (Lipinski definition) is 2. The van der Waals surface area contributed by atoms with Crippen molar-refractivity contribution < 1.29 is 13.9 Å². The summed E-state index contributed by atoms with van der Waals surface area (Å²) in [6.45, 7) is 0.453. The maximum absolute atomic E-state index is 12.4. The Labute approximate surface area is 93.1 Å². The van der Waals surface area contributed by atoms with Gasteiger partial charge in [-0.1, -0.05) is 18.6 Å². The maximum Gasteiger partial charge on any atom is 0.263 e. The van der Waals surface area contributed by atoms with Crippen LogP contribution in [-0.4, -0.2) is 11.7 Å².